The molecule has 34 heavy (non-hydrogen) atoms. The Bertz CT molecular complexity index is 1360. The quantitative estimate of drug-likeness (QED) is 0.191. The first kappa shape index (κ1) is 24.0. The van der Waals surface area contributed by atoms with Gasteiger partial charge in [-0.3, -0.25) is 4.79 Å². The maximum Gasteiger partial charge on any atom is 0.235 e. The van der Waals surface area contributed by atoms with Gasteiger partial charge in [0.2, 0.25) is 5.91 Å². The van der Waals surface area contributed by atoms with E-state index >= 15 is 0 Å². The van der Waals surface area contributed by atoms with Crippen LogP contribution in [0.4, 0.5) is 5.82 Å². The molecule has 1 amide bonds. The van der Waals surface area contributed by atoms with Crippen LogP contribution in [0.15, 0.2) is 47.8 Å². The zero-order chi connectivity index (χ0) is 24.1. The molecule has 9 heteroatoms. The number of nitriles is 1. The third-order valence-corrected chi connectivity index (χ3v) is 7.72. The van der Waals surface area contributed by atoms with E-state index in [0.29, 0.717) is 24.5 Å². The zero-order valence-corrected chi connectivity index (χ0v) is 20.9. The summed E-state index contributed by atoms with van der Waals surface area (Å²) in [6.45, 7) is 5.14. The molecular formula is C25H25N5O2S2. The highest BCUT2D eigenvalue weighted by Gasteiger charge is 2.20. The standard InChI is InChI=1S/C25H25N5O2S2/c1-16-17(2)30(10-7-11-32-3)23(20(16)13-26)29-22(31)14-33-24-19-12-21(18-8-5-4-6-9-18)34-25(19)28-15-27-24/h4-6,8-9,12,15H,7,10-11,14H2,1-3H3,(H,29,31). The van der Waals surface area contributed by atoms with Crippen molar-refractivity contribution >= 4 is 45.0 Å². The lowest BCUT2D eigenvalue weighted by Crippen LogP contribution is -2.18. The molecule has 4 rings (SSSR count). The maximum atomic E-state index is 12.9. The molecule has 0 aliphatic carbocycles. The van der Waals surface area contributed by atoms with Crippen LogP contribution >= 0.6 is 23.1 Å². The van der Waals surface area contributed by atoms with Gasteiger partial charge in [0.25, 0.3) is 0 Å². The molecule has 1 aromatic carbocycles. The first-order chi connectivity index (χ1) is 16.5. The van der Waals surface area contributed by atoms with Crippen molar-refractivity contribution in [2.45, 2.75) is 31.8 Å². The first-order valence-electron chi connectivity index (χ1n) is 10.8. The molecule has 0 saturated heterocycles. The minimum atomic E-state index is -0.183. The van der Waals surface area contributed by atoms with Crippen LogP contribution in [-0.4, -0.2) is 39.9 Å². The number of amides is 1. The lowest BCUT2D eigenvalue weighted by molar-refractivity contribution is -0.113. The van der Waals surface area contributed by atoms with Crippen LogP contribution in [-0.2, 0) is 16.1 Å². The molecule has 0 saturated carbocycles. The van der Waals surface area contributed by atoms with Crippen LogP contribution in [0.1, 0.15) is 23.2 Å². The number of ether oxygens (including phenoxy) is 1. The van der Waals surface area contributed by atoms with Crippen molar-refractivity contribution < 1.29 is 9.53 Å². The van der Waals surface area contributed by atoms with E-state index in [1.54, 1.807) is 18.4 Å². The fourth-order valence-electron chi connectivity index (χ4n) is 3.77. The van der Waals surface area contributed by atoms with Crippen molar-refractivity contribution in [1.82, 2.24) is 14.5 Å². The predicted molar refractivity (Wildman–Crippen MR) is 137 cm³/mol. The molecule has 0 atom stereocenters. The van der Waals surface area contributed by atoms with Gasteiger partial charge >= 0.3 is 0 Å². The molecule has 3 aromatic heterocycles. The summed E-state index contributed by atoms with van der Waals surface area (Å²) in [6.07, 6.45) is 2.32. The lowest BCUT2D eigenvalue weighted by Gasteiger charge is -2.13. The van der Waals surface area contributed by atoms with Gasteiger partial charge in [-0.25, -0.2) is 9.97 Å². The van der Waals surface area contributed by atoms with E-state index in [9.17, 15) is 10.1 Å². The maximum absolute atomic E-state index is 12.9. The molecule has 3 heterocycles. The van der Waals surface area contributed by atoms with Gasteiger partial charge in [0.05, 0.1) is 11.3 Å². The molecule has 174 valence electrons. The minimum Gasteiger partial charge on any atom is -0.385 e. The van der Waals surface area contributed by atoms with E-state index in [1.807, 2.05) is 36.6 Å². The fraction of sp³-hybridized carbons (Fsp3) is 0.280. The Morgan fingerprint density at radius 2 is 2.06 bits per heavy atom. The third kappa shape index (κ3) is 4.99. The molecule has 0 unspecified atom stereocenters. The number of rotatable bonds is 9. The van der Waals surface area contributed by atoms with E-state index < -0.39 is 0 Å². The summed E-state index contributed by atoms with van der Waals surface area (Å²) in [5.41, 5.74) is 3.48. The second-order valence-corrected chi connectivity index (χ2v) is 9.75. The highest BCUT2D eigenvalue weighted by atomic mass is 32.2. The molecule has 0 spiro atoms. The van der Waals surface area contributed by atoms with Crippen molar-refractivity contribution in [3.8, 4) is 16.5 Å². The molecule has 0 bridgehead atoms. The number of methoxy groups -OCH3 is 1. The highest BCUT2D eigenvalue weighted by molar-refractivity contribution is 8.00. The van der Waals surface area contributed by atoms with Gasteiger partial charge in [-0.2, -0.15) is 5.26 Å². The van der Waals surface area contributed by atoms with E-state index in [4.69, 9.17) is 4.74 Å². The van der Waals surface area contributed by atoms with Crippen LogP contribution in [0.25, 0.3) is 20.7 Å². The summed E-state index contributed by atoms with van der Waals surface area (Å²) in [5, 5.41) is 14.4. The number of nitrogens with one attached hydrogen (secondary N) is 1. The first-order valence-corrected chi connectivity index (χ1v) is 12.6. The largest absolute Gasteiger partial charge is 0.385 e. The highest BCUT2D eigenvalue weighted by Crippen LogP contribution is 2.36. The zero-order valence-electron chi connectivity index (χ0n) is 19.3. The number of thiophene rings is 1. The van der Waals surface area contributed by atoms with E-state index in [0.717, 1.165) is 43.4 Å². The number of aromatic nitrogens is 3. The number of nitrogens with zero attached hydrogens (tertiary/aromatic N) is 4. The molecule has 4 aromatic rings. The lowest BCUT2D eigenvalue weighted by atomic mass is 10.2. The molecular weight excluding hydrogens is 466 g/mol. The van der Waals surface area contributed by atoms with Crippen molar-refractivity contribution in [3.63, 3.8) is 0 Å². The second kappa shape index (κ2) is 10.8. The van der Waals surface area contributed by atoms with Gasteiger partial charge in [-0.15, -0.1) is 11.3 Å². The van der Waals surface area contributed by atoms with Crippen LogP contribution < -0.4 is 5.32 Å². The minimum absolute atomic E-state index is 0.175. The molecule has 0 aliphatic rings. The van der Waals surface area contributed by atoms with Crippen molar-refractivity contribution in [1.29, 1.82) is 5.26 Å². The fourth-order valence-corrected chi connectivity index (χ4v) is 5.61. The molecule has 0 fully saturated rings. The molecule has 0 radical (unpaired) electrons. The summed E-state index contributed by atoms with van der Waals surface area (Å²) in [5.74, 6) is 0.542. The van der Waals surface area contributed by atoms with E-state index in [-0.39, 0.29) is 11.7 Å². The van der Waals surface area contributed by atoms with Crippen molar-refractivity contribution in [3.05, 3.63) is 59.5 Å². The predicted octanol–water partition coefficient (Wildman–Crippen LogP) is 5.42. The number of carbonyl (C=O) groups excluding carboxylic acids is 1. The average molecular weight is 492 g/mol. The number of hydrogen-bond donors (Lipinski definition) is 1. The van der Waals surface area contributed by atoms with Gasteiger partial charge in [0.1, 0.15) is 28.1 Å². The summed E-state index contributed by atoms with van der Waals surface area (Å²) >= 11 is 2.98. The molecule has 7 nitrogen and oxygen atoms in total. The molecule has 0 aliphatic heterocycles. The summed E-state index contributed by atoms with van der Waals surface area (Å²) in [4.78, 5) is 23.7. The van der Waals surface area contributed by atoms with Crippen LogP contribution in [0.5, 0.6) is 0 Å². The number of hydrogen-bond acceptors (Lipinski definition) is 7. The Morgan fingerprint density at radius 3 is 2.79 bits per heavy atom. The smallest absolute Gasteiger partial charge is 0.235 e. The van der Waals surface area contributed by atoms with Gasteiger partial charge in [0, 0.05) is 36.2 Å². The van der Waals surface area contributed by atoms with Gasteiger partial charge in [0.15, 0.2) is 0 Å². The number of carbonyl (C=O) groups is 1. The summed E-state index contributed by atoms with van der Waals surface area (Å²) in [7, 11) is 1.66. The monoisotopic (exact) mass is 491 g/mol. The third-order valence-electron chi connectivity index (χ3n) is 5.62. The van der Waals surface area contributed by atoms with Crippen molar-refractivity contribution in [2.24, 2.45) is 0 Å². The number of anilines is 1. The van der Waals surface area contributed by atoms with E-state index in [1.165, 1.54) is 18.1 Å². The Balaban J connectivity index is 1.51. The average Bonchev–Trinajstić information content (AvgIpc) is 3.39. The second-order valence-electron chi connectivity index (χ2n) is 7.75. The van der Waals surface area contributed by atoms with Crippen LogP contribution in [0.3, 0.4) is 0 Å². The number of thioether (sulfide) groups is 1. The Kier molecular flexibility index (Phi) is 7.63. The van der Waals surface area contributed by atoms with Crippen molar-refractivity contribution in [2.75, 3.05) is 24.8 Å². The Hall–Kier alpha value is -3.19. The SMILES string of the molecule is COCCCn1c(C)c(C)c(C#N)c1NC(=O)CSc1ncnc2sc(-c3ccccc3)cc12. The van der Waals surface area contributed by atoms with Gasteiger partial charge in [-0.05, 0) is 37.5 Å². The van der Waals surface area contributed by atoms with Gasteiger partial charge < -0.3 is 14.6 Å². The Labute approximate surface area is 206 Å². The Morgan fingerprint density at radius 1 is 1.26 bits per heavy atom. The van der Waals surface area contributed by atoms with Crippen LogP contribution in [0, 0.1) is 25.2 Å². The summed E-state index contributed by atoms with van der Waals surface area (Å²) < 4.78 is 7.15. The summed E-state index contributed by atoms with van der Waals surface area (Å²) in [6, 6.07) is 14.5. The van der Waals surface area contributed by atoms with E-state index in [2.05, 4.69) is 39.6 Å². The van der Waals surface area contributed by atoms with Crippen LogP contribution in [0.2, 0.25) is 0 Å². The topological polar surface area (TPSA) is 92.8 Å². The number of fused-ring (bicyclic) bond motifs is 1. The normalized spacial score (nSPS) is 11.0. The number of benzene rings is 1. The van der Waals surface area contributed by atoms with Gasteiger partial charge in [-0.1, -0.05) is 42.1 Å². The molecule has 1 N–H and O–H groups in total.